The van der Waals surface area contributed by atoms with Gasteiger partial charge in [0.15, 0.2) is 0 Å². The van der Waals surface area contributed by atoms with Crippen LogP contribution >= 0.6 is 12.2 Å². The molecule has 0 spiro atoms. The number of rotatable bonds is 4. The molecule has 5 heteroatoms. The van der Waals surface area contributed by atoms with Gasteiger partial charge in [0.05, 0.1) is 5.56 Å². The lowest BCUT2D eigenvalue weighted by molar-refractivity contribution is 0.258. The fourth-order valence-corrected chi connectivity index (χ4v) is 2.64. The zero-order chi connectivity index (χ0) is 13.8. The Kier molecular flexibility index (Phi) is 4.71. The highest BCUT2D eigenvalue weighted by Gasteiger charge is 2.20. The second-order valence-corrected chi connectivity index (χ2v) is 5.46. The third kappa shape index (κ3) is 3.42. The van der Waals surface area contributed by atoms with Crippen LogP contribution in [0, 0.1) is 6.92 Å². The maximum Gasteiger partial charge on any atom is 0.139 e. The van der Waals surface area contributed by atoms with Crippen molar-refractivity contribution in [2.24, 2.45) is 5.73 Å². The molecule has 1 fully saturated rings. The first-order valence-corrected chi connectivity index (χ1v) is 7.27. The molecule has 104 valence electrons. The van der Waals surface area contributed by atoms with Gasteiger partial charge in [-0.2, -0.15) is 0 Å². The summed E-state index contributed by atoms with van der Waals surface area (Å²) in [7, 11) is 0. The molecule has 2 heterocycles. The molecular formula is C14H22N4S. The van der Waals surface area contributed by atoms with E-state index in [0.717, 1.165) is 43.3 Å². The number of nitrogens with zero attached hydrogens (tertiary/aromatic N) is 3. The van der Waals surface area contributed by atoms with Crippen molar-refractivity contribution in [3.63, 3.8) is 0 Å². The van der Waals surface area contributed by atoms with Crippen molar-refractivity contribution >= 4 is 23.0 Å². The van der Waals surface area contributed by atoms with E-state index in [-0.39, 0.29) is 0 Å². The quantitative estimate of drug-likeness (QED) is 0.847. The Labute approximate surface area is 120 Å². The molecule has 1 aromatic rings. The summed E-state index contributed by atoms with van der Waals surface area (Å²) in [6, 6.07) is 3.95. The van der Waals surface area contributed by atoms with Crippen molar-refractivity contribution in [2.75, 3.05) is 37.6 Å². The summed E-state index contributed by atoms with van der Waals surface area (Å²) >= 11 is 5.13. The van der Waals surface area contributed by atoms with Gasteiger partial charge in [0.2, 0.25) is 0 Å². The van der Waals surface area contributed by atoms with Crippen molar-refractivity contribution in [3.05, 3.63) is 23.4 Å². The highest BCUT2D eigenvalue weighted by Crippen LogP contribution is 2.20. The Morgan fingerprint density at radius 2 is 2.00 bits per heavy atom. The minimum atomic E-state index is 0.429. The van der Waals surface area contributed by atoms with E-state index in [0.29, 0.717) is 4.99 Å². The smallest absolute Gasteiger partial charge is 0.139 e. The monoisotopic (exact) mass is 278 g/mol. The molecule has 1 aromatic heterocycles. The van der Waals surface area contributed by atoms with Crippen LogP contribution in [0.1, 0.15) is 24.6 Å². The van der Waals surface area contributed by atoms with Gasteiger partial charge in [-0.25, -0.2) is 4.98 Å². The number of aromatic nitrogens is 1. The van der Waals surface area contributed by atoms with Gasteiger partial charge in [-0.05, 0) is 32.0 Å². The first-order chi connectivity index (χ1) is 9.11. The standard InChI is InChI=1S/C14H22N4S/c1-3-6-17-7-9-18(10-8-17)14-12(13(15)19)5-4-11(2)16-14/h4-5H,3,6-10H2,1-2H3,(H2,15,19). The van der Waals surface area contributed by atoms with Crippen LogP contribution in [0.4, 0.5) is 5.82 Å². The third-order valence-corrected chi connectivity index (χ3v) is 3.71. The molecule has 1 aliphatic rings. The average molecular weight is 278 g/mol. The largest absolute Gasteiger partial charge is 0.389 e. The molecule has 0 unspecified atom stereocenters. The molecule has 0 atom stereocenters. The number of piperazine rings is 1. The molecule has 0 radical (unpaired) electrons. The molecule has 0 amide bonds. The molecular weight excluding hydrogens is 256 g/mol. The first kappa shape index (κ1) is 14.2. The Balaban J connectivity index is 2.14. The zero-order valence-electron chi connectivity index (χ0n) is 11.7. The second kappa shape index (κ2) is 6.30. The number of hydrogen-bond donors (Lipinski definition) is 1. The number of anilines is 1. The molecule has 2 rings (SSSR count). The van der Waals surface area contributed by atoms with E-state index in [1.54, 1.807) is 0 Å². The van der Waals surface area contributed by atoms with E-state index in [2.05, 4.69) is 21.7 Å². The number of hydrogen-bond acceptors (Lipinski definition) is 4. The summed E-state index contributed by atoms with van der Waals surface area (Å²) in [5.41, 5.74) is 7.70. The van der Waals surface area contributed by atoms with Crippen LogP contribution in [0.15, 0.2) is 12.1 Å². The van der Waals surface area contributed by atoms with E-state index < -0.39 is 0 Å². The summed E-state index contributed by atoms with van der Waals surface area (Å²) in [4.78, 5) is 9.85. The minimum Gasteiger partial charge on any atom is -0.389 e. The lowest BCUT2D eigenvalue weighted by Gasteiger charge is -2.36. The van der Waals surface area contributed by atoms with Gasteiger partial charge in [0, 0.05) is 31.9 Å². The van der Waals surface area contributed by atoms with E-state index in [1.165, 1.54) is 13.0 Å². The Morgan fingerprint density at radius 3 is 2.58 bits per heavy atom. The molecule has 0 saturated carbocycles. The molecule has 19 heavy (non-hydrogen) atoms. The maximum atomic E-state index is 5.80. The lowest BCUT2D eigenvalue weighted by atomic mass is 10.2. The van der Waals surface area contributed by atoms with Crippen LogP contribution in [-0.4, -0.2) is 47.6 Å². The topological polar surface area (TPSA) is 45.4 Å². The molecule has 0 aromatic carbocycles. The SMILES string of the molecule is CCCN1CCN(c2nc(C)ccc2C(N)=S)CC1. The highest BCUT2D eigenvalue weighted by atomic mass is 32.1. The van der Waals surface area contributed by atoms with Gasteiger partial charge < -0.3 is 10.6 Å². The highest BCUT2D eigenvalue weighted by molar-refractivity contribution is 7.80. The summed E-state index contributed by atoms with van der Waals surface area (Å²) in [5, 5.41) is 0. The normalized spacial score (nSPS) is 16.6. The Hall–Kier alpha value is -1.20. The summed E-state index contributed by atoms with van der Waals surface area (Å²) in [5.74, 6) is 0.948. The van der Waals surface area contributed by atoms with Crippen LogP contribution in [0.3, 0.4) is 0 Å². The van der Waals surface area contributed by atoms with E-state index >= 15 is 0 Å². The fraction of sp³-hybridized carbons (Fsp3) is 0.571. The van der Waals surface area contributed by atoms with E-state index in [4.69, 9.17) is 18.0 Å². The average Bonchev–Trinajstić information content (AvgIpc) is 2.39. The number of nitrogens with two attached hydrogens (primary N) is 1. The summed E-state index contributed by atoms with van der Waals surface area (Å²) in [6.45, 7) is 9.55. The van der Waals surface area contributed by atoms with Gasteiger partial charge in [-0.15, -0.1) is 0 Å². The molecule has 1 saturated heterocycles. The van der Waals surface area contributed by atoms with Crippen molar-refractivity contribution in [1.82, 2.24) is 9.88 Å². The zero-order valence-corrected chi connectivity index (χ0v) is 12.5. The van der Waals surface area contributed by atoms with E-state index in [1.807, 2.05) is 19.1 Å². The first-order valence-electron chi connectivity index (χ1n) is 6.86. The van der Waals surface area contributed by atoms with Crippen molar-refractivity contribution in [2.45, 2.75) is 20.3 Å². The maximum absolute atomic E-state index is 5.80. The number of aryl methyl sites for hydroxylation is 1. The van der Waals surface area contributed by atoms with Gasteiger partial charge in [0.1, 0.15) is 10.8 Å². The Bertz CT molecular complexity index is 453. The predicted molar refractivity (Wildman–Crippen MR) is 83.8 cm³/mol. The Morgan fingerprint density at radius 1 is 1.32 bits per heavy atom. The van der Waals surface area contributed by atoms with Crippen LogP contribution in [0.25, 0.3) is 0 Å². The molecule has 1 aliphatic heterocycles. The van der Waals surface area contributed by atoms with Gasteiger partial charge in [-0.1, -0.05) is 19.1 Å². The van der Waals surface area contributed by atoms with E-state index in [9.17, 15) is 0 Å². The van der Waals surface area contributed by atoms with Crippen LogP contribution < -0.4 is 10.6 Å². The second-order valence-electron chi connectivity index (χ2n) is 5.02. The molecule has 2 N–H and O–H groups in total. The van der Waals surface area contributed by atoms with Gasteiger partial charge in [-0.3, -0.25) is 4.90 Å². The fourth-order valence-electron chi connectivity index (χ4n) is 2.48. The van der Waals surface area contributed by atoms with Crippen LogP contribution in [0.2, 0.25) is 0 Å². The van der Waals surface area contributed by atoms with Crippen molar-refractivity contribution < 1.29 is 0 Å². The van der Waals surface area contributed by atoms with Crippen LogP contribution in [0.5, 0.6) is 0 Å². The van der Waals surface area contributed by atoms with Gasteiger partial charge >= 0.3 is 0 Å². The van der Waals surface area contributed by atoms with Gasteiger partial charge in [0.25, 0.3) is 0 Å². The lowest BCUT2D eigenvalue weighted by Crippen LogP contribution is -2.47. The number of pyridine rings is 1. The third-order valence-electron chi connectivity index (χ3n) is 3.49. The molecule has 0 aliphatic carbocycles. The summed E-state index contributed by atoms with van der Waals surface area (Å²) in [6.07, 6.45) is 1.21. The minimum absolute atomic E-state index is 0.429. The van der Waals surface area contributed by atoms with Crippen molar-refractivity contribution in [3.8, 4) is 0 Å². The van der Waals surface area contributed by atoms with Crippen LogP contribution in [-0.2, 0) is 0 Å². The molecule has 4 nitrogen and oxygen atoms in total. The van der Waals surface area contributed by atoms with Crippen molar-refractivity contribution in [1.29, 1.82) is 0 Å². The number of thiocarbonyl (C=S) groups is 1. The summed E-state index contributed by atoms with van der Waals surface area (Å²) < 4.78 is 0. The predicted octanol–water partition coefficient (Wildman–Crippen LogP) is 1.56. The molecule has 0 bridgehead atoms.